The zero-order valence-electron chi connectivity index (χ0n) is 13.0. The van der Waals surface area contributed by atoms with Gasteiger partial charge in [0.2, 0.25) is 0 Å². The zero-order valence-corrected chi connectivity index (χ0v) is 13.0. The van der Waals surface area contributed by atoms with E-state index in [0.717, 1.165) is 10.8 Å². The minimum Gasteiger partial charge on any atom is -0.491 e. The van der Waals surface area contributed by atoms with E-state index in [9.17, 15) is 9.90 Å². The van der Waals surface area contributed by atoms with Crippen molar-refractivity contribution in [1.82, 2.24) is 9.88 Å². The number of fused-ring (bicyclic) bond motifs is 1. The molecule has 1 aromatic heterocycles. The summed E-state index contributed by atoms with van der Waals surface area (Å²) in [7, 11) is 0. The van der Waals surface area contributed by atoms with Gasteiger partial charge in [0.25, 0.3) is 0 Å². The van der Waals surface area contributed by atoms with Gasteiger partial charge in [-0.3, -0.25) is 0 Å². The molecular formula is C16H21N3O3. The molecule has 0 spiro atoms. The number of pyridine rings is 1. The monoisotopic (exact) mass is 303 g/mol. The van der Waals surface area contributed by atoms with E-state index < -0.39 is 11.6 Å². The maximum atomic E-state index is 11.3. The summed E-state index contributed by atoms with van der Waals surface area (Å²) in [5.41, 5.74) is 5.38. The van der Waals surface area contributed by atoms with E-state index in [1.165, 1.54) is 4.90 Å². The lowest BCUT2D eigenvalue weighted by atomic mass is 10.1. The van der Waals surface area contributed by atoms with Crippen molar-refractivity contribution in [3.05, 3.63) is 30.5 Å². The van der Waals surface area contributed by atoms with Crippen LogP contribution in [0, 0.1) is 0 Å². The molecule has 3 N–H and O–H groups in total. The van der Waals surface area contributed by atoms with Gasteiger partial charge in [-0.25, -0.2) is 9.78 Å². The van der Waals surface area contributed by atoms with Gasteiger partial charge < -0.3 is 20.5 Å². The minimum atomic E-state index is -0.956. The third kappa shape index (κ3) is 3.39. The molecule has 22 heavy (non-hydrogen) atoms. The molecule has 118 valence electrons. The second kappa shape index (κ2) is 6.09. The number of anilines is 1. The average Bonchev–Trinajstić information content (AvgIpc) is 2.42. The minimum absolute atomic E-state index is 0.269. The first-order valence-corrected chi connectivity index (χ1v) is 7.07. The highest BCUT2D eigenvalue weighted by Gasteiger charge is 2.25. The molecule has 1 amide bonds. The Morgan fingerprint density at radius 1 is 1.32 bits per heavy atom. The lowest BCUT2D eigenvalue weighted by Crippen LogP contribution is -2.46. The first-order valence-electron chi connectivity index (χ1n) is 7.07. The van der Waals surface area contributed by atoms with Crippen molar-refractivity contribution in [2.24, 2.45) is 0 Å². The van der Waals surface area contributed by atoms with E-state index in [0.29, 0.717) is 11.6 Å². The van der Waals surface area contributed by atoms with E-state index in [4.69, 9.17) is 10.5 Å². The van der Waals surface area contributed by atoms with E-state index in [1.54, 1.807) is 6.20 Å². The molecule has 2 aromatic rings. The van der Waals surface area contributed by atoms with Gasteiger partial charge in [0.05, 0.1) is 6.54 Å². The molecular weight excluding hydrogens is 282 g/mol. The molecule has 0 bridgehead atoms. The fourth-order valence-electron chi connectivity index (χ4n) is 2.29. The average molecular weight is 303 g/mol. The highest BCUT2D eigenvalue weighted by molar-refractivity contribution is 5.94. The van der Waals surface area contributed by atoms with Crippen molar-refractivity contribution in [3.63, 3.8) is 0 Å². The molecule has 0 unspecified atom stereocenters. The number of nitrogens with two attached hydrogens (primary N) is 1. The molecule has 0 aliphatic heterocycles. The summed E-state index contributed by atoms with van der Waals surface area (Å²) in [5, 5.41) is 11.0. The van der Waals surface area contributed by atoms with Crippen LogP contribution in [-0.4, -0.2) is 39.8 Å². The van der Waals surface area contributed by atoms with E-state index in [2.05, 4.69) is 4.98 Å². The SMILES string of the molecule is CC(C)(C)N(CCOc1cccc2c(N)nccc12)C(=O)O. The molecule has 0 fully saturated rings. The molecule has 0 atom stereocenters. The van der Waals surface area contributed by atoms with Crippen molar-refractivity contribution in [2.75, 3.05) is 18.9 Å². The van der Waals surface area contributed by atoms with Crippen LogP contribution in [0.3, 0.4) is 0 Å². The second-order valence-electron chi connectivity index (χ2n) is 6.00. The van der Waals surface area contributed by atoms with Crippen LogP contribution in [0.2, 0.25) is 0 Å². The first-order chi connectivity index (χ1) is 10.3. The highest BCUT2D eigenvalue weighted by Crippen LogP contribution is 2.28. The van der Waals surface area contributed by atoms with E-state index >= 15 is 0 Å². The number of carboxylic acid groups (broad SMARTS) is 1. The van der Waals surface area contributed by atoms with Gasteiger partial charge in [0.1, 0.15) is 18.2 Å². The molecule has 0 saturated carbocycles. The van der Waals surface area contributed by atoms with Gasteiger partial charge >= 0.3 is 6.09 Å². The number of rotatable bonds is 4. The highest BCUT2D eigenvalue weighted by atomic mass is 16.5. The zero-order chi connectivity index (χ0) is 16.3. The largest absolute Gasteiger partial charge is 0.491 e. The van der Waals surface area contributed by atoms with Gasteiger partial charge in [0, 0.05) is 22.5 Å². The number of benzene rings is 1. The number of nitrogens with zero attached hydrogens (tertiary/aromatic N) is 2. The van der Waals surface area contributed by atoms with Crippen LogP contribution in [-0.2, 0) is 0 Å². The molecule has 0 saturated heterocycles. The second-order valence-corrected chi connectivity index (χ2v) is 6.00. The smallest absolute Gasteiger partial charge is 0.407 e. The van der Waals surface area contributed by atoms with Gasteiger partial charge in [0.15, 0.2) is 0 Å². The van der Waals surface area contributed by atoms with Crippen molar-refractivity contribution >= 4 is 22.7 Å². The van der Waals surface area contributed by atoms with Crippen molar-refractivity contribution in [3.8, 4) is 5.75 Å². The fraction of sp³-hybridized carbons (Fsp3) is 0.375. The number of ether oxygens (including phenoxy) is 1. The van der Waals surface area contributed by atoms with Crippen LogP contribution >= 0.6 is 0 Å². The Balaban J connectivity index is 2.13. The van der Waals surface area contributed by atoms with Gasteiger partial charge in [-0.05, 0) is 32.9 Å². The van der Waals surface area contributed by atoms with E-state index in [1.807, 2.05) is 45.0 Å². The third-order valence-corrected chi connectivity index (χ3v) is 3.41. The Hall–Kier alpha value is -2.50. The number of carbonyl (C=O) groups is 1. The summed E-state index contributed by atoms with van der Waals surface area (Å²) in [4.78, 5) is 16.7. The fourth-order valence-corrected chi connectivity index (χ4v) is 2.29. The number of amides is 1. The summed E-state index contributed by atoms with van der Waals surface area (Å²) in [6.45, 7) is 6.11. The first kappa shape index (κ1) is 15.9. The topological polar surface area (TPSA) is 88.7 Å². The van der Waals surface area contributed by atoms with Crippen molar-refractivity contribution in [1.29, 1.82) is 0 Å². The number of aromatic nitrogens is 1. The Morgan fingerprint density at radius 3 is 2.68 bits per heavy atom. The summed E-state index contributed by atoms with van der Waals surface area (Å²) < 4.78 is 5.76. The van der Waals surface area contributed by atoms with Crippen molar-refractivity contribution < 1.29 is 14.6 Å². The quantitative estimate of drug-likeness (QED) is 0.906. The predicted molar refractivity (Wildman–Crippen MR) is 86.1 cm³/mol. The Labute approximate surface area is 129 Å². The Kier molecular flexibility index (Phi) is 4.40. The number of hydrogen-bond acceptors (Lipinski definition) is 4. The van der Waals surface area contributed by atoms with Crippen LogP contribution in [0.4, 0.5) is 10.6 Å². The lowest BCUT2D eigenvalue weighted by Gasteiger charge is -2.33. The number of nitrogen functional groups attached to an aromatic ring is 1. The summed E-state index contributed by atoms with van der Waals surface area (Å²) in [6, 6.07) is 7.39. The van der Waals surface area contributed by atoms with Crippen molar-refractivity contribution in [2.45, 2.75) is 26.3 Å². The molecule has 2 rings (SSSR count). The van der Waals surface area contributed by atoms with Crippen LogP contribution in [0.1, 0.15) is 20.8 Å². The maximum Gasteiger partial charge on any atom is 0.407 e. The van der Waals surface area contributed by atoms with Gasteiger partial charge in [-0.2, -0.15) is 0 Å². The summed E-state index contributed by atoms with van der Waals surface area (Å²) in [5.74, 6) is 1.12. The van der Waals surface area contributed by atoms with Crippen LogP contribution in [0.15, 0.2) is 30.5 Å². The Morgan fingerprint density at radius 2 is 2.05 bits per heavy atom. The van der Waals surface area contributed by atoms with Crippen LogP contribution in [0.25, 0.3) is 10.8 Å². The normalized spacial score (nSPS) is 11.4. The predicted octanol–water partition coefficient (Wildman–Crippen LogP) is 2.97. The molecule has 0 radical (unpaired) electrons. The maximum absolute atomic E-state index is 11.3. The lowest BCUT2D eigenvalue weighted by molar-refractivity contribution is 0.0894. The standard InChI is InChI=1S/C16H21N3O3/c1-16(2,3)19(15(20)21)9-10-22-13-6-4-5-12-11(13)7-8-18-14(12)17/h4-8H,9-10H2,1-3H3,(H2,17,18)(H,20,21). The molecule has 6 heteroatoms. The third-order valence-electron chi connectivity index (χ3n) is 3.41. The molecule has 6 nitrogen and oxygen atoms in total. The van der Waals surface area contributed by atoms with Crippen LogP contribution in [0.5, 0.6) is 5.75 Å². The molecule has 0 aliphatic rings. The Bertz CT molecular complexity index is 680. The molecule has 1 aromatic carbocycles. The van der Waals surface area contributed by atoms with Gasteiger partial charge in [-0.1, -0.05) is 12.1 Å². The summed E-state index contributed by atoms with van der Waals surface area (Å²) in [6.07, 6.45) is 0.672. The molecule has 0 aliphatic carbocycles. The summed E-state index contributed by atoms with van der Waals surface area (Å²) >= 11 is 0. The van der Waals surface area contributed by atoms with E-state index in [-0.39, 0.29) is 13.2 Å². The van der Waals surface area contributed by atoms with Gasteiger partial charge in [-0.15, -0.1) is 0 Å². The van der Waals surface area contributed by atoms with Crippen LogP contribution < -0.4 is 10.5 Å². The molecule has 1 heterocycles. The number of hydrogen-bond donors (Lipinski definition) is 2.